The fourth-order valence-electron chi connectivity index (χ4n) is 3.53. The Kier molecular flexibility index (Phi) is 6.55. The molecule has 4 rings (SSSR count). The molecule has 1 N–H and O–H groups in total. The zero-order valence-electron chi connectivity index (χ0n) is 17.7. The summed E-state index contributed by atoms with van der Waals surface area (Å²) in [5.74, 6) is 1.06. The molecular weight excluding hydrogens is 499 g/mol. The van der Waals surface area contributed by atoms with Gasteiger partial charge in [-0.3, -0.25) is 0 Å². The molecule has 3 aromatic rings. The van der Waals surface area contributed by atoms with Crippen LogP contribution in [0.3, 0.4) is 0 Å². The lowest BCUT2D eigenvalue weighted by Gasteiger charge is -2.35. The van der Waals surface area contributed by atoms with Gasteiger partial charge in [0.15, 0.2) is 5.82 Å². The fourth-order valence-corrected chi connectivity index (χ4v) is 3.79. The van der Waals surface area contributed by atoms with Crippen LogP contribution in [-0.2, 0) is 6.18 Å². The molecular formula is C23H21BrF3N5O. The highest BCUT2D eigenvalue weighted by Crippen LogP contribution is 2.31. The number of nitrogens with one attached hydrogen (secondary N) is 1. The number of aromatic nitrogens is 2. The molecule has 10 heteroatoms. The van der Waals surface area contributed by atoms with Crippen LogP contribution in [0.25, 0.3) is 11.4 Å². The molecule has 0 saturated carbocycles. The Hall–Kier alpha value is -3.14. The number of aryl methyl sites for hydroxylation is 1. The molecule has 1 aromatic heterocycles. The first-order valence-corrected chi connectivity index (χ1v) is 11.1. The number of piperazine rings is 1. The van der Waals surface area contributed by atoms with Gasteiger partial charge in [0.25, 0.3) is 0 Å². The van der Waals surface area contributed by atoms with Crippen LogP contribution in [0.15, 0.2) is 59.1 Å². The summed E-state index contributed by atoms with van der Waals surface area (Å²) in [6.07, 6.45) is -4.39. The minimum absolute atomic E-state index is 0.165. The Bertz CT molecular complexity index is 1130. The van der Waals surface area contributed by atoms with Gasteiger partial charge >= 0.3 is 12.2 Å². The average molecular weight is 520 g/mol. The largest absolute Gasteiger partial charge is 0.416 e. The molecule has 2 amide bonds. The van der Waals surface area contributed by atoms with Gasteiger partial charge in [-0.2, -0.15) is 13.2 Å². The maximum atomic E-state index is 12.8. The number of carbonyl (C=O) groups is 1. The van der Waals surface area contributed by atoms with Crippen LogP contribution < -0.4 is 10.2 Å². The number of benzene rings is 2. The highest BCUT2D eigenvalue weighted by atomic mass is 79.9. The summed E-state index contributed by atoms with van der Waals surface area (Å²) >= 11 is 3.37. The molecule has 1 fully saturated rings. The molecule has 0 aliphatic carbocycles. The third-order valence-electron chi connectivity index (χ3n) is 5.30. The topological polar surface area (TPSA) is 61.4 Å². The predicted molar refractivity (Wildman–Crippen MR) is 124 cm³/mol. The van der Waals surface area contributed by atoms with Crippen LogP contribution in [0.1, 0.15) is 11.3 Å². The second-order valence-electron chi connectivity index (χ2n) is 7.68. The lowest BCUT2D eigenvalue weighted by molar-refractivity contribution is -0.137. The first-order chi connectivity index (χ1) is 15.7. The maximum absolute atomic E-state index is 12.8. The molecule has 0 spiro atoms. The summed E-state index contributed by atoms with van der Waals surface area (Å²) in [4.78, 5) is 25.3. The molecule has 1 saturated heterocycles. The van der Waals surface area contributed by atoms with E-state index in [0.29, 0.717) is 49.1 Å². The molecule has 1 aliphatic heterocycles. The molecule has 33 heavy (non-hydrogen) atoms. The maximum Gasteiger partial charge on any atom is 0.416 e. The number of alkyl halides is 3. The number of urea groups is 1. The lowest BCUT2D eigenvalue weighted by Crippen LogP contribution is -2.50. The summed E-state index contributed by atoms with van der Waals surface area (Å²) in [5.41, 5.74) is 1.24. The van der Waals surface area contributed by atoms with Crippen molar-refractivity contribution in [1.29, 1.82) is 0 Å². The molecule has 0 bridgehead atoms. The molecule has 2 aromatic carbocycles. The average Bonchev–Trinajstić information content (AvgIpc) is 2.80. The number of halogens is 4. The van der Waals surface area contributed by atoms with E-state index in [1.807, 2.05) is 42.2 Å². The van der Waals surface area contributed by atoms with Crippen molar-refractivity contribution >= 4 is 33.5 Å². The Morgan fingerprint density at radius 3 is 2.21 bits per heavy atom. The van der Waals surface area contributed by atoms with E-state index < -0.39 is 11.7 Å². The monoisotopic (exact) mass is 519 g/mol. The highest BCUT2D eigenvalue weighted by Gasteiger charge is 2.30. The summed E-state index contributed by atoms with van der Waals surface area (Å²) in [5, 5.41) is 2.89. The van der Waals surface area contributed by atoms with Gasteiger partial charge in [-0.15, -0.1) is 0 Å². The van der Waals surface area contributed by atoms with Gasteiger partial charge in [0.1, 0.15) is 5.82 Å². The van der Waals surface area contributed by atoms with Gasteiger partial charge in [0, 0.05) is 53.7 Å². The van der Waals surface area contributed by atoms with Gasteiger partial charge in [-0.25, -0.2) is 14.8 Å². The Morgan fingerprint density at radius 1 is 0.970 bits per heavy atom. The SMILES string of the molecule is Cc1cc(N2CCN(C(=O)Nc3ccc(Br)cc3)CC2)nc(-c2ccc(C(F)(F)F)cc2)n1. The number of carbonyl (C=O) groups excluding carboxylic acids is 1. The smallest absolute Gasteiger partial charge is 0.353 e. The van der Waals surface area contributed by atoms with Crippen molar-refractivity contribution in [2.45, 2.75) is 13.1 Å². The summed E-state index contributed by atoms with van der Waals surface area (Å²) in [7, 11) is 0. The van der Waals surface area contributed by atoms with Gasteiger partial charge in [0.2, 0.25) is 0 Å². The van der Waals surface area contributed by atoms with Crippen molar-refractivity contribution in [1.82, 2.24) is 14.9 Å². The van der Waals surface area contributed by atoms with Crippen molar-refractivity contribution in [3.05, 3.63) is 70.3 Å². The Labute approximate surface area is 197 Å². The number of rotatable bonds is 3. The number of hydrogen-bond acceptors (Lipinski definition) is 4. The van der Waals surface area contributed by atoms with Crippen LogP contribution in [0, 0.1) is 6.92 Å². The lowest BCUT2D eigenvalue weighted by atomic mass is 10.1. The standard InChI is InChI=1S/C23H21BrF3N5O/c1-15-14-20(30-21(28-15)16-2-4-17(5-3-16)23(25,26)27)31-10-12-32(13-11-31)22(33)29-19-8-6-18(24)7-9-19/h2-9,14H,10-13H2,1H3,(H,29,33). The van der Waals surface area contributed by atoms with E-state index in [9.17, 15) is 18.0 Å². The van der Waals surface area contributed by atoms with Crippen molar-refractivity contribution in [3.8, 4) is 11.4 Å². The second-order valence-corrected chi connectivity index (χ2v) is 8.59. The van der Waals surface area contributed by atoms with Crippen molar-refractivity contribution in [3.63, 3.8) is 0 Å². The van der Waals surface area contributed by atoms with E-state index in [1.165, 1.54) is 12.1 Å². The van der Waals surface area contributed by atoms with Gasteiger partial charge in [-0.05, 0) is 43.3 Å². The Balaban J connectivity index is 1.42. The van der Waals surface area contributed by atoms with Gasteiger partial charge in [0.05, 0.1) is 5.56 Å². The summed E-state index contributed by atoms with van der Waals surface area (Å²) in [6.45, 7) is 4.01. The zero-order chi connectivity index (χ0) is 23.6. The van der Waals surface area contributed by atoms with Crippen molar-refractivity contribution < 1.29 is 18.0 Å². The van der Waals surface area contributed by atoms with Gasteiger partial charge < -0.3 is 15.1 Å². The van der Waals surface area contributed by atoms with Crippen LogP contribution >= 0.6 is 15.9 Å². The number of anilines is 2. The van der Waals surface area contributed by atoms with Gasteiger partial charge in [-0.1, -0.05) is 28.1 Å². The Morgan fingerprint density at radius 2 is 1.61 bits per heavy atom. The fraction of sp³-hybridized carbons (Fsp3) is 0.261. The minimum Gasteiger partial charge on any atom is -0.353 e. The van der Waals surface area contributed by atoms with Crippen LogP contribution in [0.5, 0.6) is 0 Å². The summed E-state index contributed by atoms with van der Waals surface area (Å²) in [6, 6.07) is 13.9. The predicted octanol–water partition coefficient (Wildman–Crippen LogP) is 5.59. The molecule has 6 nitrogen and oxygen atoms in total. The minimum atomic E-state index is -4.39. The van der Waals surface area contributed by atoms with E-state index in [1.54, 1.807) is 4.90 Å². The van der Waals surface area contributed by atoms with E-state index >= 15 is 0 Å². The molecule has 0 atom stereocenters. The number of nitrogens with zero attached hydrogens (tertiary/aromatic N) is 4. The quantitative estimate of drug-likeness (QED) is 0.490. The number of hydrogen-bond donors (Lipinski definition) is 1. The molecule has 1 aliphatic rings. The number of amides is 2. The third kappa shape index (κ3) is 5.62. The summed E-state index contributed by atoms with van der Waals surface area (Å²) < 4.78 is 39.5. The normalized spacial score (nSPS) is 14.3. The van der Waals surface area contributed by atoms with Crippen molar-refractivity contribution in [2.24, 2.45) is 0 Å². The van der Waals surface area contributed by atoms with Crippen LogP contribution in [0.4, 0.5) is 29.5 Å². The molecule has 172 valence electrons. The van der Waals surface area contributed by atoms with E-state index in [-0.39, 0.29) is 6.03 Å². The van der Waals surface area contributed by atoms with Crippen LogP contribution in [0.2, 0.25) is 0 Å². The molecule has 2 heterocycles. The first-order valence-electron chi connectivity index (χ1n) is 10.3. The van der Waals surface area contributed by atoms with E-state index in [2.05, 4.69) is 31.2 Å². The molecule has 0 unspecified atom stereocenters. The highest BCUT2D eigenvalue weighted by molar-refractivity contribution is 9.10. The zero-order valence-corrected chi connectivity index (χ0v) is 19.3. The van der Waals surface area contributed by atoms with E-state index in [0.717, 1.165) is 22.3 Å². The first kappa shape index (κ1) is 23.0. The molecule has 0 radical (unpaired) electrons. The third-order valence-corrected chi connectivity index (χ3v) is 5.83. The van der Waals surface area contributed by atoms with Crippen LogP contribution in [-0.4, -0.2) is 47.1 Å². The van der Waals surface area contributed by atoms with E-state index in [4.69, 9.17) is 0 Å². The second kappa shape index (κ2) is 9.38. The van der Waals surface area contributed by atoms with Crippen molar-refractivity contribution in [2.75, 3.05) is 36.4 Å².